The smallest absolute Gasteiger partial charge is 0.223 e. The SMILES string of the molecule is Cl.NC1CCC(C(=O)NCCOC2CCCCC2)C1. The molecule has 3 N–H and O–H groups in total. The van der Waals surface area contributed by atoms with E-state index in [4.69, 9.17) is 10.5 Å². The van der Waals surface area contributed by atoms with Crippen molar-refractivity contribution < 1.29 is 9.53 Å². The molecule has 0 aromatic rings. The summed E-state index contributed by atoms with van der Waals surface area (Å²) in [6.07, 6.45) is 9.49. The van der Waals surface area contributed by atoms with Gasteiger partial charge in [0.25, 0.3) is 0 Å². The summed E-state index contributed by atoms with van der Waals surface area (Å²) in [4.78, 5) is 11.8. The number of rotatable bonds is 5. The Balaban J connectivity index is 0.00000180. The molecule has 0 aromatic heterocycles. The van der Waals surface area contributed by atoms with Crippen LogP contribution >= 0.6 is 12.4 Å². The van der Waals surface area contributed by atoms with Crippen LogP contribution in [0.15, 0.2) is 0 Å². The third kappa shape index (κ3) is 5.67. The van der Waals surface area contributed by atoms with Gasteiger partial charge in [-0.2, -0.15) is 0 Å². The van der Waals surface area contributed by atoms with Gasteiger partial charge in [0.15, 0.2) is 0 Å². The maximum Gasteiger partial charge on any atom is 0.223 e. The number of amides is 1. The Hall–Kier alpha value is -0.320. The Morgan fingerprint density at radius 3 is 2.53 bits per heavy atom. The molecule has 0 spiro atoms. The van der Waals surface area contributed by atoms with Gasteiger partial charge >= 0.3 is 0 Å². The van der Waals surface area contributed by atoms with Gasteiger partial charge in [-0.05, 0) is 32.1 Å². The zero-order chi connectivity index (χ0) is 12.8. The van der Waals surface area contributed by atoms with Gasteiger partial charge in [-0.25, -0.2) is 0 Å². The zero-order valence-electron chi connectivity index (χ0n) is 11.6. The lowest BCUT2D eigenvalue weighted by Gasteiger charge is -2.22. The first-order valence-corrected chi connectivity index (χ1v) is 7.40. The van der Waals surface area contributed by atoms with Crippen LogP contribution in [0.3, 0.4) is 0 Å². The van der Waals surface area contributed by atoms with E-state index in [1.165, 1.54) is 32.1 Å². The van der Waals surface area contributed by atoms with Crippen molar-refractivity contribution in [2.75, 3.05) is 13.2 Å². The van der Waals surface area contributed by atoms with Gasteiger partial charge in [0, 0.05) is 18.5 Å². The molecule has 0 heterocycles. The van der Waals surface area contributed by atoms with E-state index in [1.54, 1.807) is 0 Å². The highest BCUT2D eigenvalue weighted by Crippen LogP contribution is 2.24. The number of nitrogens with one attached hydrogen (secondary N) is 1. The van der Waals surface area contributed by atoms with E-state index in [1.807, 2.05) is 0 Å². The van der Waals surface area contributed by atoms with Gasteiger partial charge in [0.2, 0.25) is 5.91 Å². The molecule has 2 atom stereocenters. The minimum atomic E-state index is 0. The van der Waals surface area contributed by atoms with E-state index in [0.29, 0.717) is 19.3 Å². The van der Waals surface area contributed by atoms with Gasteiger partial charge < -0.3 is 15.8 Å². The molecule has 2 saturated carbocycles. The molecule has 2 fully saturated rings. The van der Waals surface area contributed by atoms with Crippen LogP contribution in [0.1, 0.15) is 51.4 Å². The summed E-state index contributed by atoms with van der Waals surface area (Å²) >= 11 is 0. The Kier molecular flexibility index (Phi) is 7.73. The Morgan fingerprint density at radius 1 is 1.16 bits per heavy atom. The second-order valence-corrected chi connectivity index (χ2v) is 5.69. The molecular weight excluding hydrogens is 264 g/mol. The molecule has 5 heteroatoms. The summed E-state index contributed by atoms with van der Waals surface area (Å²) in [5, 5.41) is 2.97. The third-order valence-corrected chi connectivity index (χ3v) is 4.15. The normalized spacial score (nSPS) is 27.8. The summed E-state index contributed by atoms with van der Waals surface area (Å²) < 4.78 is 5.78. The van der Waals surface area contributed by atoms with E-state index in [9.17, 15) is 4.79 Å². The molecular formula is C14H27ClN2O2. The van der Waals surface area contributed by atoms with Crippen molar-refractivity contribution in [3.8, 4) is 0 Å². The summed E-state index contributed by atoms with van der Waals surface area (Å²) in [5.41, 5.74) is 5.81. The summed E-state index contributed by atoms with van der Waals surface area (Å²) in [7, 11) is 0. The van der Waals surface area contributed by atoms with Crippen LogP contribution in [0.25, 0.3) is 0 Å². The van der Waals surface area contributed by atoms with Crippen molar-refractivity contribution in [3.63, 3.8) is 0 Å². The van der Waals surface area contributed by atoms with Crippen LogP contribution in [0.4, 0.5) is 0 Å². The molecule has 1 amide bonds. The minimum Gasteiger partial charge on any atom is -0.376 e. The second-order valence-electron chi connectivity index (χ2n) is 5.69. The molecule has 0 radical (unpaired) electrons. The first-order chi connectivity index (χ1) is 8.75. The van der Waals surface area contributed by atoms with Gasteiger partial charge in [-0.1, -0.05) is 19.3 Å². The maximum absolute atomic E-state index is 11.8. The van der Waals surface area contributed by atoms with Crippen LogP contribution in [0.5, 0.6) is 0 Å². The molecule has 2 aliphatic rings. The van der Waals surface area contributed by atoms with Crippen LogP contribution in [-0.2, 0) is 9.53 Å². The van der Waals surface area contributed by atoms with Crippen molar-refractivity contribution in [1.82, 2.24) is 5.32 Å². The number of carbonyl (C=O) groups excluding carboxylic acids is 1. The maximum atomic E-state index is 11.8. The highest BCUT2D eigenvalue weighted by molar-refractivity contribution is 5.85. The lowest BCUT2D eigenvalue weighted by molar-refractivity contribution is -0.125. The highest BCUT2D eigenvalue weighted by atomic mass is 35.5. The standard InChI is InChI=1S/C14H26N2O2.ClH/c15-12-7-6-11(10-12)14(17)16-8-9-18-13-4-2-1-3-5-13;/h11-13H,1-10,15H2,(H,16,17);1H. The number of hydrogen-bond donors (Lipinski definition) is 2. The fourth-order valence-electron chi connectivity index (χ4n) is 3.03. The number of halogens is 1. The molecule has 112 valence electrons. The molecule has 0 aliphatic heterocycles. The van der Waals surface area contributed by atoms with E-state index < -0.39 is 0 Å². The number of ether oxygens (including phenoxy) is 1. The van der Waals surface area contributed by atoms with Gasteiger partial charge in [0.1, 0.15) is 0 Å². The quantitative estimate of drug-likeness (QED) is 0.761. The molecule has 2 rings (SSSR count). The lowest BCUT2D eigenvalue weighted by Crippen LogP contribution is -2.33. The lowest BCUT2D eigenvalue weighted by atomic mass is 9.98. The van der Waals surface area contributed by atoms with E-state index in [-0.39, 0.29) is 30.3 Å². The summed E-state index contributed by atoms with van der Waals surface area (Å²) in [6, 6.07) is 0.222. The van der Waals surface area contributed by atoms with Crippen molar-refractivity contribution in [1.29, 1.82) is 0 Å². The molecule has 0 aromatic carbocycles. The monoisotopic (exact) mass is 290 g/mol. The first-order valence-electron chi connectivity index (χ1n) is 7.40. The van der Waals surface area contributed by atoms with Crippen molar-refractivity contribution in [2.45, 2.75) is 63.5 Å². The van der Waals surface area contributed by atoms with Crippen molar-refractivity contribution >= 4 is 18.3 Å². The molecule has 2 aliphatic carbocycles. The number of hydrogen-bond acceptors (Lipinski definition) is 3. The third-order valence-electron chi connectivity index (χ3n) is 4.15. The molecule has 4 nitrogen and oxygen atoms in total. The van der Waals surface area contributed by atoms with E-state index in [2.05, 4.69) is 5.32 Å². The topological polar surface area (TPSA) is 64.4 Å². The first kappa shape index (κ1) is 16.7. The summed E-state index contributed by atoms with van der Waals surface area (Å²) in [6.45, 7) is 1.29. The zero-order valence-corrected chi connectivity index (χ0v) is 12.4. The van der Waals surface area contributed by atoms with Crippen LogP contribution in [0.2, 0.25) is 0 Å². The van der Waals surface area contributed by atoms with E-state index >= 15 is 0 Å². The predicted molar refractivity (Wildman–Crippen MR) is 78.4 cm³/mol. The van der Waals surface area contributed by atoms with Gasteiger partial charge in [-0.15, -0.1) is 12.4 Å². The Labute approximate surface area is 122 Å². The fraction of sp³-hybridized carbons (Fsp3) is 0.929. The minimum absolute atomic E-state index is 0. The molecule has 0 saturated heterocycles. The number of carbonyl (C=O) groups is 1. The van der Waals surface area contributed by atoms with Crippen LogP contribution < -0.4 is 11.1 Å². The largest absolute Gasteiger partial charge is 0.376 e. The summed E-state index contributed by atoms with van der Waals surface area (Å²) in [5.74, 6) is 0.296. The second kappa shape index (κ2) is 8.77. The van der Waals surface area contributed by atoms with Crippen LogP contribution in [0, 0.1) is 5.92 Å². The Bertz CT molecular complexity index is 270. The van der Waals surface area contributed by atoms with E-state index in [0.717, 1.165) is 19.3 Å². The fourth-order valence-corrected chi connectivity index (χ4v) is 3.03. The average molecular weight is 291 g/mol. The molecule has 19 heavy (non-hydrogen) atoms. The van der Waals surface area contributed by atoms with Gasteiger partial charge in [0.05, 0.1) is 12.7 Å². The molecule has 2 unspecified atom stereocenters. The predicted octanol–water partition coefficient (Wildman–Crippen LogP) is 2.00. The van der Waals surface area contributed by atoms with Crippen molar-refractivity contribution in [2.24, 2.45) is 11.7 Å². The average Bonchev–Trinajstić information content (AvgIpc) is 2.82. The van der Waals surface area contributed by atoms with Crippen LogP contribution in [-0.4, -0.2) is 31.2 Å². The Morgan fingerprint density at radius 2 is 1.89 bits per heavy atom. The molecule has 0 bridgehead atoms. The van der Waals surface area contributed by atoms with Crippen molar-refractivity contribution in [3.05, 3.63) is 0 Å². The number of nitrogens with two attached hydrogens (primary N) is 1. The highest BCUT2D eigenvalue weighted by Gasteiger charge is 2.27. The van der Waals surface area contributed by atoms with Gasteiger partial charge in [-0.3, -0.25) is 4.79 Å².